The fourth-order valence-corrected chi connectivity index (χ4v) is 12.4. The molecule has 176 valence electrons. The molecular formula is C26H22F3O3PS. The van der Waals surface area contributed by atoms with Gasteiger partial charge in [-0.2, -0.15) is 0 Å². The number of benzene rings is 4. The van der Waals surface area contributed by atoms with Crippen molar-refractivity contribution < 1.29 is 25.6 Å². The van der Waals surface area contributed by atoms with Gasteiger partial charge < -0.3 is 0 Å². The second-order valence-electron chi connectivity index (χ2n) is 7.84. The normalized spacial score (nSPS) is 13.7. The van der Waals surface area contributed by atoms with Crippen LogP contribution in [0.4, 0.5) is 13.2 Å². The van der Waals surface area contributed by atoms with Crippen molar-refractivity contribution in [1.82, 2.24) is 0 Å². The fourth-order valence-electron chi connectivity index (χ4n) is 4.30. The molecule has 4 aromatic rings. The maximum atomic E-state index is 13.9. The Morgan fingerprint density at radius 2 is 0.912 bits per heavy atom. The van der Waals surface area contributed by atoms with Crippen LogP contribution in [0.5, 0.6) is 0 Å². The molecule has 0 N–H and O–H groups in total. The number of rotatable bonds is 7. The van der Waals surface area contributed by atoms with Crippen molar-refractivity contribution in [3.8, 4) is 0 Å². The summed E-state index contributed by atoms with van der Waals surface area (Å²) in [7, 11) is -6.02. The molecule has 0 heterocycles. The standard InChI is InChI=1S/C26H22F3O3PS/c27-26(28,29)34(30,31)32-33(23-15-7-2-8-16-23,24-17-9-3-10-18-24,25-19-11-4-12-20-25)21-22-13-5-1-6-14-22/h1-20H,21H2. The molecule has 0 aliphatic heterocycles. The Bertz CT molecular complexity index is 1250. The van der Waals surface area contributed by atoms with Gasteiger partial charge in [-0.15, -0.1) is 0 Å². The average molecular weight is 502 g/mol. The molecule has 0 amide bonds. The summed E-state index contributed by atoms with van der Waals surface area (Å²) in [5.74, 6) is 0. The van der Waals surface area contributed by atoms with E-state index in [9.17, 15) is 21.6 Å². The van der Waals surface area contributed by atoms with E-state index in [1.54, 1.807) is 121 Å². The molecule has 0 saturated carbocycles. The number of hydrogen-bond donors (Lipinski definition) is 0. The van der Waals surface area contributed by atoms with E-state index < -0.39 is 22.5 Å². The van der Waals surface area contributed by atoms with Gasteiger partial charge in [-0.05, 0) is 0 Å². The Hall–Kier alpha value is -2.99. The summed E-state index contributed by atoms with van der Waals surface area (Å²) in [6.45, 7) is -4.80. The van der Waals surface area contributed by atoms with Crippen molar-refractivity contribution in [2.24, 2.45) is 0 Å². The summed E-state index contributed by atoms with van der Waals surface area (Å²) in [5, 5.41) is 1.13. The second kappa shape index (κ2) is 8.99. The van der Waals surface area contributed by atoms with Crippen LogP contribution in [0.25, 0.3) is 0 Å². The summed E-state index contributed by atoms with van der Waals surface area (Å²) in [6.07, 6.45) is -0.0835. The molecule has 0 aliphatic carbocycles. The van der Waals surface area contributed by atoms with Crippen LogP contribution in [0, 0.1) is 0 Å². The molecule has 34 heavy (non-hydrogen) atoms. The Labute approximate surface area is 197 Å². The summed E-state index contributed by atoms with van der Waals surface area (Å²) < 4.78 is 73.2. The van der Waals surface area contributed by atoms with Gasteiger partial charge in [0.25, 0.3) is 0 Å². The first kappa shape index (κ1) is 24.1. The quantitative estimate of drug-likeness (QED) is 0.248. The third-order valence-corrected chi connectivity index (χ3v) is 13.6. The zero-order chi connectivity index (χ0) is 24.3. The predicted octanol–water partition coefficient (Wildman–Crippen LogP) is 5.50. The first-order valence-electron chi connectivity index (χ1n) is 10.4. The molecule has 0 atom stereocenters. The van der Waals surface area contributed by atoms with E-state index in [4.69, 9.17) is 3.97 Å². The minimum atomic E-state index is -6.02. The van der Waals surface area contributed by atoms with Gasteiger partial charge in [0.1, 0.15) is 0 Å². The van der Waals surface area contributed by atoms with Gasteiger partial charge in [0.15, 0.2) is 0 Å². The molecule has 0 bridgehead atoms. The van der Waals surface area contributed by atoms with Crippen molar-refractivity contribution in [3.05, 3.63) is 127 Å². The predicted molar refractivity (Wildman–Crippen MR) is 131 cm³/mol. The third kappa shape index (κ3) is 4.05. The Morgan fingerprint density at radius 3 is 1.24 bits per heavy atom. The minimum absolute atomic E-state index is 0.0835. The molecule has 0 saturated heterocycles. The van der Waals surface area contributed by atoms with Crippen molar-refractivity contribution >= 4 is 32.9 Å². The maximum absolute atomic E-state index is 13.9. The van der Waals surface area contributed by atoms with E-state index in [2.05, 4.69) is 0 Å². The molecular weight excluding hydrogens is 480 g/mol. The van der Waals surface area contributed by atoms with Gasteiger partial charge in [-0.3, -0.25) is 0 Å². The van der Waals surface area contributed by atoms with Crippen LogP contribution < -0.4 is 15.9 Å². The first-order valence-corrected chi connectivity index (χ1v) is 14.2. The van der Waals surface area contributed by atoms with E-state index in [1.807, 2.05) is 0 Å². The van der Waals surface area contributed by atoms with Gasteiger partial charge in [-0.25, -0.2) is 0 Å². The molecule has 3 nitrogen and oxygen atoms in total. The van der Waals surface area contributed by atoms with E-state index in [-0.39, 0.29) is 6.16 Å². The average Bonchev–Trinajstić information content (AvgIpc) is 2.85. The van der Waals surface area contributed by atoms with Gasteiger partial charge in [0.2, 0.25) is 0 Å². The van der Waals surface area contributed by atoms with Crippen LogP contribution in [0.2, 0.25) is 0 Å². The van der Waals surface area contributed by atoms with Crippen molar-refractivity contribution in [1.29, 1.82) is 0 Å². The topological polar surface area (TPSA) is 43.4 Å². The van der Waals surface area contributed by atoms with E-state index >= 15 is 0 Å². The third-order valence-electron chi connectivity index (χ3n) is 5.78. The Morgan fingerprint density at radius 1 is 0.588 bits per heavy atom. The van der Waals surface area contributed by atoms with E-state index in [0.717, 1.165) is 0 Å². The van der Waals surface area contributed by atoms with Crippen molar-refractivity contribution in [2.45, 2.75) is 11.7 Å². The number of hydrogen-bond acceptors (Lipinski definition) is 3. The van der Waals surface area contributed by atoms with E-state index in [0.29, 0.717) is 21.5 Å². The molecule has 0 aromatic heterocycles. The molecule has 0 unspecified atom stereocenters. The van der Waals surface area contributed by atoms with Gasteiger partial charge >= 0.3 is 197 Å². The van der Waals surface area contributed by atoms with Crippen molar-refractivity contribution in [2.75, 3.05) is 0 Å². The zero-order valence-corrected chi connectivity index (χ0v) is 19.7. The molecule has 4 aromatic carbocycles. The SMILES string of the molecule is O=S(=O)(OP(Cc1ccccc1)(c1ccccc1)(c1ccccc1)c1ccccc1)C(F)(F)F. The monoisotopic (exact) mass is 502 g/mol. The van der Waals surface area contributed by atoms with Gasteiger partial charge in [-0.1, -0.05) is 0 Å². The molecule has 4 rings (SSSR count). The summed E-state index contributed by atoms with van der Waals surface area (Å²) >= 11 is 0. The Kier molecular flexibility index (Phi) is 6.38. The van der Waals surface area contributed by atoms with Crippen LogP contribution >= 0.6 is 6.83 Å². The fraction of sp³-hybridized carbons (Fsp3) is 0.0769. The zero-order valence-electron chi connectivity index (χ0n) is 18.0. The number of halogens is 3. The van der Waals surface area contributed by atoms with Gasteiger partial charge in [0, 0.05) is 0 Å². The van der Waals surface area contributed by atoms with Crippen LogP contribution in [-0.4, -0.2) is 13.9 Å². The number of alkyl halides is 3. The molecule has 0 spiro atoms. The summed E-state index contributed by atoms with van der Waals surface area (Å²) in [4.78, 5) is 0. The molecule has 0 fully saturated rings. The molecule has 0 aliphatic rings. The first-order chi connectivity index (χ1) is 16.2. The van der Waals surface area contributed by atoms with Crippen LogP contribution in [0.3, 0.4) is 0 Å². The summed E-state index contributed by atoms with van der Waals surface area (Å²) in [6, 6.07) is 34.0. The van der Waals surface area contributed by atoms with Crippen LogP contribution in [0.1, 0.15) is 5.56 Å². The van der Waals surface area contributed by atoms with Crippen LogP contribution in [-0.2, 0) is 20.3 Å². The van der Waals surface area contributed by atoms with Crippen LogP contribution in [0.15, 0.2) is 121 Å². The second-order valence-corrected chi connectivity index (χ2v) is 14.1. The van der Waals surface area contributed by atoms with Crippen molar-refractivity contribution in [3.63, 3.8) is 0 Å². The van der Waals surface area contributed by atoms with Gasteiger partial charge in [0.05, 0.1) is 0 Å². The summed E-state index contributed by atoms with van der Waals surface area (Å²) in [5.41, 5.74) is -4.96. The Balaban J connectivity index is 2.24. The molecule has 8 heteroatoms. The molecule has 0 radical (unpaired) electrons. The van der Waals surface area contributed by atoms with E-state index in [1.165, 1.54) is 0 Å².